The van der Waals surface area contributed by atoms with Crippen molar-refractivity contribution in [2.45, 2.75) is 39.0 Å². The number of hydrogen-bond donors (Lipinski definition) is 4. The third kappa shape index (κ3) is 6.64. The van der Waals surface area contributed by atoms with E-state index in [4.69, 9.17) is 11.5 Å². The van der Waals surface area contributed by atoms with Crippen LogP contribution >= 0.6 is 24.0 Å². The summed E-state index contributed by atoms with van der Waals surface area (Å²) >= 11 is 0. The summed E-state index contributed by atoms with van der Waals surface area (Å²) in [4.78, 5) is 21.3. The number of anilines is 1. The van der Waals surface area contributed by atoms with Gasteiger partial charge in [-0.1, -0.05) is 6.07 Å². The molecule has 2 aliphatic rings. The number of urea groups is 1. The number of sulfonamides is 1. The number of amides is 2. The van der Waals surface area contributed by atoms with Crippen molar-refractivity contribution in [3.05, 3.63) is 64.1 Å². The third-order valence-corrected chi connectivity index (χ3v) is 7.33. The minimum Gasteiger partial charge on any atom is -0.405 e. The van der Waals surface area contributed by atoms with Crippen molar-refractivity contribution in [1.29, 1.82) is 0 Å². The Morgan fingerprint density at radius 1 is 1.31 bits per heavy atom. The second-order valence-corrected chi connectivity index (χ2v) is 10.5. The number of nitrogens with one attached hydrogen (secondary N) is 2. The standard InChI is InChI=1S/C25H30N6O3S.HI.2H2/c1-16-13-18-3-2-4-21(18)24(23(16)19-8-12-29-20(14-19)7-10-26)30-25(32)31-35(33,34)22(27)9-11-28-15-17-5-6-17;;;/h7-14,17H,2-6,15,26-27H2,1H3,(H2,30,31,32);3*1H/b10-7-,22-9+,28-11?;;;. The normalized spacial score (nSPS) is 15.6. The number of allylic oxidation sites excluding steroid dienone is 1. The van der Waals surface area contributed by atoms with E-state index >= 15 is 0 Å². The number of fused-ring (bicyclic) bond motifs is 1. The van der Waals surface area contributed by atoms with Gasteiger partial charge in [0, 0.05) is 27.4 Å². The Bertz CT molecular complexity index is 1340. The summed E-state index contributed by atoms with van der Waals surface area (Å²) in [5, 5.41) is 2.32. The molecule has 0 radical (unpaired) electrons. The number of carbonyl (C=O) groups excluding carboxylic acids is 1. The van der Waals surface area contributed by atoms with Crippen LogP contribution in [0.4, 0.5) is 10.5 Å². The van der Waals surface area contributed by atoms with Gasteiger partial charge in [-0.15, -0.1) is 24.0 Å². The van der Waals surface area contributed by atoms with Gasteiger partial charge in [-0.05, 0) is 97.7 Å². The Hall–Kier alpha value is -2.93. The van der Waals surface area contributed by atoms with Crippen LogP contribution < -0.4 is 21.5 Å². The van der Waals surface area contributed by atoms with E-state index in [0.29, 0.717) is 23.8 Å². The molecule has 2 aromatic rings. The van der Waals surface area contributed by atoms with E-state index in [-0.39, 0.29) is 26.8 Å². The van der Waals surface area contributed by atoms with Gasteiger partial charge in [0.15, 0.2) is 0 Å². The lowest BCUT2D eigenvalue weighted by molar-refractivity contribution is 0.256. The summed E-state index contributed by atoms with van der Waals surface area (Å²) < 4.78 is 27.2. The van der Waals surface area contributed by atoms with Crippen LogP contribution in [0.15, 0.2) is 46.7 Å². The van der Waals surface area contributed by atoms with Gasteiger partial charge in [0.1, 0.15) is 5.03 Å². The molecule has 2 aliphatic carbocycles. The van der Waals surface area contributed by atoms with Gasteiger partial charge in [-0.25, -0.2) is 9.52 Å². The molecule has 4 rings (SSSR count). The maximum atomic E-state index is 12.9. The smallest absolute Gasteiger partial charge is 0.333 e. The van der Waals surface area contributed by atoms with Gasteiger partial charge in [0.25, 0.3) is 10.0 Å². The van der Waals surface area contributed by atoms with Crippen molar-refractivity contribution in [2.75, 3.05) is 11.9 Å². The summed E-state index contributed by atoms with van der Waals surface area (Å²) in [6.45, 7) is 2.62. The van der Waals surface area contributed by atoms with Crippen molar-refractivity contribution in [3.63, 3.8) is 0 Å². The third-order valence-electron chi connectivity index (χ3n) is 6.11. The van der Waals surface area contributed by atoms with Crippen LogP contribution in [-0.4, -0.2) is 32.2 Å². The number of aryl methyl sites for hydroxylation is 2. The molecular formula is C25H35IN6O3S. The largest absolute Gasteiger partial charge is 0.405 e. The fourth-order valence-electron chi connectivity index (χ4n) is 4.24. The van der Waals surface area contributed by atoms with E-state index in [1.807, 2.05) is 23.8 Å². The number of aliphatic imine (C=N–C) groups is 1. The van der Waals surface area contributed by atoms with E-state index < -0.39 is 21.1 Å². The highest BCUT2D eigenvalue weighted by atomic mass is 127. The Kier molecular flexibility index (Phi) is 9.12. The zero-order valence-electron chi connectivity index (χ0n) is 20.0. The van der Waals surface area contributed by atoms with Gasteiger partial charge in [0.2, 0.25) is 0 Å². The van der Waals surface area contributed by atoms with Crippen molar-refractivity contribution in [3.8, 4) is 11.1 Å². The van der Waals surface area contributed by atoms with Crippen LogP contribution in [0, 0.1) is 12.8 Å². The van der Waals surface area contributed by atoms with E-state index in [9.17, 15) is 13.2 Å². The molecule has 0 spiro atoms. The summed E-state index contributed by atoms with van der Waals surface area (Å²) in [6.07, 6.45) is 12.3. The van der Waals surface area contributed by atoms with Crippen LogP contribution in [0.2, 0.25) is 0 Å². The Morgan fingerprint density at radius 2 is 2.08 bits per heavy atom. The van der Waals surface area contributed by atoms with Gasteiger partial charge in [-0.2, -0.15) is 8.42 Å². The SMILES string of the molecule is Cc1cc2c(c(NC(=O)NS(=O)(=O)/C(N)=C/C=NCC3CC3)c1-c1ccnc(/C=C\N)c1)CCC2.I.[HH].[HH]. The number of nitrogens with zero attached hydrogens (tertiary/aromatic N) is 2. The van der Waals surface area contributed by atoms with Crippen LogP contribution in [-0.2, 0) is 22.9 Å². The highest BCUT2D eigenvalue weighted by molar-refractivity contribution is 14.0. The predicted molar refractivity (Wildman–Crippen MR) is 159 cm³/mol. The number of pyridine rings is 1. The number of halogens is 1. The van der Waals surface area contributed by atoms with Crippen molar-refractivity contribution in [2.24, 2.45) is 22.4 Å². The lowest BCUT2D eigenvalue weighted by Crippen LogP contribution is -2.37. The second kappa shape index (κ2) is 11.9. The van der Waals surface area contributed by atoms with Crippen molar-refractivity contribution >= 4 is 58.0 Å². The maximum Gasteiger partial charge on any atom is 0.333 e. The number of nitrogens with two attached hydrogens (primary N) is 2. The van der Waals surface area contributed by atoms with Crippen LogP contribution in [0.3, 0.4) is 0 Å². The van der Waals surface area contributed by atoms with Gasteiger partial charge in [0.05, 0.1) is 11.4 Å². The molecule has 0 aliphatic heterocycles. The van der Waals surface area contributed by atoms with Gasteiger partial charge >= 0.3 is 6.03 Å². The molecule has 1 fully saturated rings. The monoisotopic (exact) mass is 626 g/mol. The average molecular weight is 627 g/mol. The molecule has 0 unspecified atom stereocenters. The van der Waals surface area contributed by atoms with Crippen molar-refractivity contribution < 1.29 is 16.1 Å². The lowest BCUT2D eigenvalue weighted by Gasteiger charge is -2.19. The van der Waals surface area contributed by atoms with E-state index in [1.165, 1.54) is 18.5 Å². The molecule has 0 saturated heterocycles. The molecule has 9 nitrogen and oxygen atoms in total. The Labute approximate surface area is 231 Å². The van der Waals surface area contributed by atoms with Crippen LogP contribution in [0.5, 0.6) is 0 Å². The lowest BCUT2D eigenvalue weighted by atomic mass is 9.93. The van der Waals surface area contributed by atoms with Crippen molar-refractivity contribution in [1.82, 2.24) is 9.71 Å². The molecule has 0 bridgehead atoms. The maximum absolute atomic E-state index is 12.9. The van der Waals surface area contributed by atoms with Crippen LogP contribution in [0.25, 0.3) is 17.2 Å². The van der Waals surface area contributed by atoms with E-state index in [0.717, 1.165) is 59.9 Å². The van der Waals surface area contributed by atoms with Crippen LogP contribution in [0.1, 0.15) is 44.5 Å². The molecular weight excluding hydrogens is 591 g/mol. The molecule has 1 saturated carbocycles. The molecule has 6 N–H and O–H groups in total. The minimum absolute atomic E-state index is 0. The first-order chi connectivity index (χ1) is 16.8. The van der Waals surface area contributed by atoms with Gasteiger partial charge in [-0.3, -0.25) is 9.98 Å². The number of benzene rings is 1. The topological polar surface area (TPSA) is 153 Å². The Morgan fingerprint density at radius 3 is 2.81 bits per heavy atom. The average Bonchev–Trinajstić information content (AvgIpc) is 3.51. The highest BCUT2D eigenvalue weighted by Crippen LogP contribution is 2.40. The molecule has 2 amide bonds. The number of aromatic nitrogens is 1. The first kappa shape index (κ1) is 27.7. The minimum atomic E-state index is -4.23. The fourth-order valence-corrected chi connectivity index (χ4v) is 4.90. The molecule has 196 valence electrons. The van der Waals surface area contributed by atoms with E-state index in [1.54, 1.807) is 12.3 Å². The zero-order chi connectivity index (χ0) is 25.0. The molecule has 1 heterocycles. The summed E-state index contributed by atoms with van der Waals surface area (Å²) in [5.41, 5.74) is 17.3. The zero-order valence-corrected chi connectivity index (χ0v) is 23.2. The second-order valence-electron chi connectivity index (χ2n) is 8.85. The summed E-state index contributed by atoms with van der Waals surface area (Å²) in [5.74, 6) is 0.578. The molecule has 11 heteroatoms. The number of hydrogen-bond acceptors (Lipinski definition) is 7. The van der Waals surface area contributed by atoms with Gasteiger partial charge < -0.3 is 16.8 Å². The first-order valence-corrected chi connectivity index (χ1v) is 13.1. The summed E-state index contributed by atoms with van der Waals surface area (Å²) in [6, 6.07) is 4.96. The fraction of sp³-hybridized carbons (Fsp3) is 0.320. The molecule has 0 atom stereocenters. The Balaban J connectivity index is 0.00000241. The predicted octanol–water partition coefficient (Wildman–Crippen LogP) is 4.32. The summed E-state index contributed by atoms with van der Waals surface area (Å²) in [7, 11) is -4.23. The quantitative estimate of drug-likeness (QED) is 0.253. The highest BCUT2D eigenvalue weighted by Gasteiger charge is 2.25. The molecule has 1 aromatic heterocycles. The number of carbonyl (C=O) groups is 1. The molecule has 36 heavy (non-hydrogen) atoms. The molecule has 1 aromatic carbocycles. The first-order valence-electron chi connectivity index (χ1n) is 11.6. The van der Waals surface area contributed by atoms with E-state index in [2.05, 4.69) is 21.4 Å². The number of rotatable bonds is 8.